The number of nitriles is 1. The average Bonchev–Trinajstić information content (AvgIpc) is 3.57. The number of carbonyl (C=O) groups excluding carboxylic acids is 1. The van der Waals surface area contributed by atoms with Crippen LogP contribution in [0.4, 0.5) is 0 Å². The molecule has 0 atom stereocenters. The molecule has 0 spiro atoms. The summed E-state index contributed by atoms with van der Waals surface area (Å²) in [4.78, 5) is 17.0. The SMILES string of the molecule is CN1CCCN(Cc2ccc(-c3ccc(C(=O)NC4CC4)cc3)c(C#N)c2)CC1. The quantitative estimate of drug-likeness (QED) is 0.854. The largest absolute Gasteiger partial charge is 0.349 e. The van der Waals surface area contributed by atoms with Gasteiger partial charge in [0.15, 0.2) is 0 Å². The zero-order valence-corrected chi connectivity index (χ0v) is 17.0. The van der Waals surface area contributed by atoms with Gasteiger partial charge >= 0.3 is 0 Å². The Morgan fingerprint density at radius 3 is 2.62 bits per heavy atom. The molecule has 2 fully saturated rings. The maximum Gasteiger partial charge on any atom is 0.251 e. The molecule has 0 bridgehead atoms. The minimum Gasteiger partial charge on any atom is -0.349 e. The van der Waals surface area contributed by atoms with Crippen molar-refractivity contribution in [2.75, 3.05) is 33.2 Å². The molecule has 1 saturated carbocycles. The van der Waals surface area contributed by atoms with E-state index in [4.69, 9.17) is 0 Å². The predicted octanol–water partition coefficient (Wildman–Crippen LogP) is 3.25. The van der Waals surface area contributed by atoms with Crippen LogP contribution in [0, 0.1) is 11.3 Å². The molecule has 0 unspecified atom stereocenters. The smallest absolute Gasteiger partial charge is 0.251 e. The standard InChI is InChI=1S/C24H28N4O/c1-27-11-2-12-28(14-13-27)17-18-3-10-23(21(15-18)16-25)19-4-6-20(7-5-19)24(29)26-22-8-9-22/h3-7,10,15,22H,2,8-9,11-14,17H2,1H3,(H,26,29). The maximum absolute atomic E-state index is 12.2. The van der Waals surface area contributed by atoms with Crippen molar-refractivity contribution in [2.45, 2.75) is 31.8 Å². The van der Waals surface area contributed by atoms with E-state index in [1.54, 1.807) is 0 Å². The lowest BCUT2D eigenvalue weighted by molar-refractivity contribution is 0.0951. The molecule has 0 aromatic heterocycles. The van der Waals surface area contributed by atoms with Gasteiger partial charge in [0, 0.05) is 31.2 Å². The van der Waals surface area contributed by atoms with Crippen molar-refractivity contribution in [3.05, 3.63) is 59.2 Å². The number of benzene rings is 2. The van der Waals surface area contributed by atoms with Crippen LogP contribution in [0.25, 0.3) is 11.1 Å². The summed E-state index contributed by atoms with van der Waals surface area (Å²) >= 11 is 0. The fourth-order valence-electron chi connectivity index (χ4n) is 3.85. The Kier molecular flexibility index (Phi) is 5.94. The third-order valence-corrected chi connectivity index (χ3v) is 5.79. The molecule has 29 heavy (non-hydrogen) atoms. The summed E-state index contributed by atoms with van der Waals surface area (Å²) in [5.74, 6) is -0.0157. The lowest BCUT2D eigenvalue weighted by Gasteiger charge is -2.20. The minimum absolute atomic E-state index is 0.0157. The first-order valence-electron chi connectivity index (χ1n) is 10.5. The Morgan fingerprint density at radius 1 is 1.10 bits per heavy atom. The highest BCUT2D eigenvalue weighted by Gasteiger charge is 2.23. The highest BCUT2D eigenvalue weighted by Crippen LogP contribution is 2.26. The molecule has 150 valence electrons. The number of rotatable bonds is 5. The zero-order chi connectivity index (χ0) is 20.2. The maximum atomic E-state index is 12.2. The number of carbonyl (C=O) groups is 1. The minimum atomic E-state index is -0.0157. The molecule has 2 aliphatic rings. The normalized spacial score (nSPS) is 18.1. The lowest BCUT2D eigenvalue weighted by atomic mass is 9.97. The van der Waals surface area contributed by atoms with E-state index in [0.29, 0.717) is 17.2 Å². The van der Waals surface area contributed by atoms with Gasteiger partial charge in [-0.05, 0) is 74.3 Å². The molecular weight excluding hydrogens is 360 g/mol. The van der Waals surface area contributed by atoms with E-state index in [9.17, 15) is 10.1 Å². The van der Waals surface area contributed by atoms with E-state index in [2.05, 4.69) is 34.3 Å². The van der Waals surface area contributed by atoms with Gasteiger partial charge in [-0.15, -0.1) is 0 Å². The van der Waals surface area contributed by atoms with Crippen molar-refractivity contribution in [3.8, 4) is 17.2 Å². The van der Waals surface area contributed by atoms with Crippen molar-refractivity contribution >= 4 is 5.91 Å². The number of nitrogens with zero attached hydrogens (tertiary/aromatic N) is 3. The summed E-state index contributed by atoms with van der Waals surface area (Å²) in [7, 11) is 2.17. The molecule has 1 N–H and O–H groups in total. The van der Waals surface area contributed by atoms with E-state index in [-0.39, 0.29) is 5.91 Å². The number of amides is 1. The van der Waals surface area contributed by atoms with Gasteiger partial charge < -0.3 is 10.2 Å². The molecule has 0 radical (unpaired) electrons. The van der Waals surface area contributed by atoms with E-state index >= 15 is 0 Å². The Morgan fingerprint density at radius 2 is 1.90 bits per heavy atom. The highest BCUT2D eigenvalue weighted by atomic mass is 16.1. The fourth-order valence-corrected chi connectivity index (χ4v) is 3.85. The molecule has 1 aliphatic carbocycles. The second-order valence-corrected chi connectivity index (χ2v) is 8.25. The van der Waals surface area contributed by atoms with Crippen LogP contribution in [0.2, 0.25) is 0 Å². The molecule has 2 aromatic rings. The third kappa shape index (κ3) is 5.03. The molecule has 5 heteroatoms. The highest BCUT2D eigenvalue weighted by molar-refractivity contribution is 5.95. The summed E-state index contributed by atoms with van der Waals surface area (Å²) in [6, 6.07) is 16.4. The second kappa shape index (κ2) is 8.77. The summed E-state index contributed by atoms with van der Waals surface area (Å²) < 4.78 is 0. The van der Waals surface area contributed by atoms with Gasteiger partial charge in [-0.25, -0.2) is 0 Å². The Labute approximate surface area is 172 Å². The Bertz CT molecular complexity index is 911. The van der Waals surface area contributed by atoms with Gasteiger partial charge in [0.05, 0.1) is 11.6 Å². The van der Waals surface area contributed by atoms with Crippen molar-refractivity contribution in [1.29, 1.82) is 5.26 Å². The number of hydrogen-bond acceptors (Lipinski definition) is 4. The number of likely N-dealkylation sites (N-methyl/N-ethyl adjacent to an activating group) is 1. The van der Waals surface area contributed by atoms with Crippen LogP contribution in [-0.4, -0.2) is 55.0 Å². The fraction of sp³-hybridized carbons (Fsp3) is 0.417. The van der Waals surface area contributed by atoms with Crippen LogP contribution in [0.1, 0.15) is 40.7 Å². The van der Waals surface area contributed by atoms with Gasteiger partial charge in [-0.3, -0.25) is 9.69 Å². The third-order valence-electron chi connectivity index (χ3n) is 5.79. The first-order valence-corrected chi connectivity index (χ1v) is 10.5. The van der Waals surface area contributed by atoms with Crippen LogP contribution < -0.4 is 5.32 Å². The molecule has 4 rings (SSSR count). The van der Waals surface area contributed by atoms with Crippen LogP contribution in [0.5, 0.6) is 0 Å². The molecular formula is C24H28N4O. The first-order chi connectivity index (χ1) is 14.1. The molecule has 5 nitrogen and oxygen atoms in total. The summed E-state index contributed by atoms with van der Waals surface area (Å²) in [6.07, 6.45) is 3.34. The van der Waals surface area contributed by atoms with Gasteiger partial charge in [-0.1, -0.05) is 24.3 Å². The molecule has 1 amide bonds. The molecule has 1 heterocycles. The van der Waals surface area contributed by atoms with Crippen molar-refractivity contribution in [1.82, 2.24) is 15.1 Å². The number of hydrogen-bond donors (Lipinski definition) is 1. The summed E-state index contributed by atoms with van der Waals surface area (Å²) in [5, 5.41) is 12.7. The topological polar surface area (TPSA) is 59.4 Å². The van der Waals surface area contributed by atoms with Gasteiger partial charge in [0.2, 0.25) is 0 Å². The summed E-state index contributed by atoms with van der Waals surface area (Å²) in [6.45, 7) is 5.27. The first kappa shape index (κ1) is 19.6. The van der Waals surface area contributed by atoms with E-state index in [1.807, 2.05) is 36.4 Å². The Hall–Kier alpha value is -2.68. The second-order valence-electron chi connectivity index (χ2n) is 8.25. The van der Waals surface area contributed by atoms with Gasteiger partial charge in [0.1, 0.15) is 0 Å². The molecule has 2 aromatic carbocycles. The van der Waals surface area contributed by atoms with Crippen LogP contribution in [-0.2, 0) is 6.54 Å². The van der Waals surface area contributed by atoms with Crippen LogP contribution in [0.15, 0.2) is 42.5 Å². The zero-order valence-electron chi connectivity index (χ0n) is 17.0. The number of nitrogens with one attached hydrogen (secondary N) is 1. The lowest BCUT2D eigenvalue weighted by Crippen LogP contribution is -2.28. The van der Waals surface area contributed by atoms with Crippen molar-refractivity contribution in [3.63, 3.8) is 0 Å². The molecule has 1 aliphatic heterocycles. The summed E-state index contributed by atoms with van der Waals surface area (Å²) in [5.41, 5.74) is 4.41. The van der Waals surface area contributed by atoms with Crippen molar-refractivity contribution < 1.29 is 4.79 Å². The van der Waals surface area contributed by atoms with E-state index < -0.39 is 0 Å². The van der Waals surface area contributed by atoms with Crippen molar-refractivity contribution in [2.24, 2.45) is 0 Å². The Balaban J connectivity index is 1.47. The monoisotopic (exact) mass is 388 g/mol. The van der Waals surface area contributed by atoms with Crippen LogP contribution in [0.3, 0.4) is 0 Å². The molecule has 1 saturated heterocycles. The van der Waals surface area contributed by atoms with E-state index in [1.165, 1.54) is 12.0 Å². The average molecular weight is 389 g/mol. The van der Waals surface area contributed by atoms with Crippen LogP contribution >= 0.6 is 0 Å². The van der Waals surface area contributed by atoms with Gasteiger partial charge in [0.25, 0.3) is 5.91 Å². The van der Waals surface area contributed by atoms with Gasteiger partial charge in [-0.2, -0.15) is 5.26 Å². The predicted molar refractivity (Wildman–Crippen MR) is 114 cm³/mol. The van der Waals surface area contributed by atoms with E-state index in [0.717, 1.165) is 56.7 Å².